The molecule has 2 heterocycles. The van der Waals surface area contributed by atoms with Gasteiger partial charge in [-0.2, -0.15) is 0 Å². The first-order valence-corrected chi connectivity index (χ1v) is 12.6. The number of hydrogen-bond acceptors (Lipinski definition) is 5. The van der Waals surface area contributed by atoms with Crippen LogP contribution in [-0.2, 0) is 0 Å². The molecule has 1 aromatic heterocycles. The summed E-state index contributed by atoms with van der Waals surface area (Å²) in [5, 5.41) is 8.95. The Morgan fingerprint density at radius 1 is 0.703 bits per heavy atom. The largest absolute Gasteiger partial charge is 0.352 e. The van der Waals surface area contributed by atoms with Crippen LogP contribution in [0, 0.1) is 20.8 Å². The van der Waals surface area contributed by atoms with Crippen molar-refractivity contribution in [2.24, 2.45) is 0 Å². The third kappa shape index (κ3) is 5.14. The zero-order chi connectivity index (χ0) is 25.9. The lowest BCUT2D eigenvalue weighted by Gasteiger charge is -2.35. The molecule has 186 valence electrons. The van der Waals surface area contributed by atoms with Gasteiger partial charge in [0.15, 0.2) is 11.6 Å². The van der Waals surface area contributed by atoms with Gasteiger partial charge in [0.25, 0.3) is 5.91 Å². The van der Waals surface area contributed by atoms with Crippen LogP contribution in [0.25, 0.3) is 11.3 Å². The van der Waals surface area contributed by atoms with Gasteiger partial charge in [0.1, 0.15) is 0 Å². The lowest BCUT2D eigenvalue weighted by Crippen LogP contribution is -2.49. The number of carbonyl (C=O) groups excluding carboxylic acids is 2. The highest BCUT2D eigenvalue weighted by molar-refractivity contribution is 6.15. The highest BCUT2D eigenvalue weighted by Gasteiger charge is 2.26. The summed E-state index contributed by atoms with van der Waals surface area (Å²) < 4.78 is 0. The second kappa shape index (κ2) is 10.3. The molecule has 1 amide bonds. The summed E-state index contributed by atoms with van der Waals surface area (Å²) in [6, 6.07) is 24.8. The summed E-state index contributed by atoms with van der Waals surface area (Å²) in [6.07, 6.45) is 0. The number of piperazine rings is 1. The highest BCUT2D eigenvalue weighted by atomic mass is 16.2. The molecule has 0 N–H and O–H groups in total. The molecular weight excluding hydrogens is 460 g/mol. The Bertz CT molecular complexity index is 1440. The Kier molecular flexibility index (Phi) is 6.82. The van der Waals surface area contributed by atoms with Crippen LogP contribution in [-0.4, -0.2) is 53.0 Å². The molecular formula is C31H30N4O2. The molecule has 0 unspecified atom stereocenters. The molecule has 0 saturated carbocycles. The third-order valence-electron chi connectivity index (χ3n) is 6.92. The molecule has 0 radical (unpaired) electrons. The summed E-state index contributed by atoms with van der Waals surface area (Å²) in [6.45, 7) is 8.54. The van der Waals surface area contributed by atoms with Crippen LogP contribution in [0.2, 0.25) is 0 Å². The number of rotatable bonds is 5. The lowest BCUT2D eigenvalue weighted by molar-refractivity contribution is 0.0742. The molecule has 0 atom stereocenters. The average molecular weight is 491 g/mol. The van der Waals surface area contributed by atoms with Crippen LogP contribution >= 0.6 is 0 Å². The van der Waals surface area contributed by atoms with Crippen LogP contribution in [0.1, 0.15) is 43.0 Å². The van der Waals surface area contributed by atoms with E-state index in [0.717, 1.165) is 22.6 Å². The van der Waals surface area contributed by atoms with Gasteiger partial charge in [0.2, 0.25) is 0 Å². The maximum atomic E-state index is 13.4. The van der Waals surface area contributed by atoms with E-state index in [0.29, 0.717) is 42.9 Å². The molecule has 37 heavy (non-hydrogen) atoms. The molecule has 3 aromatic carbocycles. The van der Waals surface area contributed by atoms with E-state index in [1.54, 1.807) is 18.2 Å². The number of ketones is 1. The van der Waals surface area contributed by atoms with Crippen molar-refractivity contribution >= 4 is 17.5 Å². The standard InChI is InChI=1S/C31H30N4O2/c1-21-8-11-24(12-9-21)30(36)26-6-4-5-7-27(26)31(37)35-18-16-34(17-19-35)29-15-14-28(32-33-29)25-13-10-22(2)20-23(25)3/h4-15,20H,16-19H2,1-3H3. The number of aryl methyl sites for hydroxylation is 3. The SMILES string of the molecule is Cc1ccc(C(=O)c2ccccc2C(=O)N2CCN(c3ccc(-c4ccc(C)cc4C)nn3)CC2)cc1. The van der Waals surface area contributed by atoms with Crippen molar-refractivity contribution < 1.29 is 9.59 Å². The zero-order valence-corrected chi connectivity index (χ0v) is 21.4. The van der Waals surface area contributed by atoms with Gasteiger partial charge in [0.05, 0.1) is 11.3 Å². The summed E-state index contributed by atoms with van der Waals surface area (Å²) in [7, 11) is 0. The van der Waals surface area contributed by atoms with E-state index in [2.05, 4.69) is 47.1 Å². The minimum absolute atomic E-state index is 0.119. The first kappa shape index (κ1) is 24.4. The van der Waals surface area contributed by atoms with Crippen molar-refractivity contribution in [1.82, 2.24) is 15.1 Å². The minimum atomic E-state index is -0.137. The molecule has 6 heteroatoms. The molecule has 0 aliphatic carbocycles. The van der Waals surface area contributed by atoms with Crippen LogP contribution in [0.4, 0.5) is 5.82 Å². The number of anilines is 1. The second-order valence-electron chi connectivity index (χ2n) is 9.62. The van der Waals surface area contributed by atoms with E-state index in [4.69, 9.17) is 0 Å². The fraction of sp³-hybridized carbons (Fsp3) is 0.226. The Morgan fingerprint density at radius 3 is 2.03 bits per heavy atom. The summed E-state index contributed by atoms with van der Waals surface area (Å²) in [5.41, 5.74) is 6.88. The molecule has 0 spiro atoms. The lowest BCUT2D eigenvalue weighted by atomic mass is 9.97. The first-order chi connectivity index (χ1) is 17.9. The first-order valence-electron chi connectivity index (χ1n) is 12.6. The second-order valence-corrected chi connectivity index (χ2v) is 9.62. The fourth-order valence-electron chi connectivity index (χ4n) is 4.78. The van der Waals surface area contributed by atoms with Gasteiger partial charge in [-0.1, -0.05) is 71.8 Å². The quantitative estimate of drug-likeness (QED) is 0.357. The monoisotopic (exact) mass is 490 g/mol. The zero-order valence-electron chi connectivity index (χ0n) is 21.4. The van der Waals surface area contributed by atoms with Crippen LogP contribution in [0.3, 0.4) is 0 Å². The topological polar surface area (TPSA) is 66.4 Å². The van der Waals surface area contributed by atoms with E-state index >= 15 is 0 Å². The smallest absolute Gasteiger partial charge is 0.254 e. The Hall–Kier alpha value is -4.32. The van der Waals surface area contributed by atoms with Gasteiger partial charge < -0.3 is 9.80 Å². The predicted octanol–water partition coefficient (Wildman–Crippen LogP) is 5.26. The maximum absolute atomic E-state index is 13.4. The minimum Gasteiger partial charge on any atom is -0.352 e. The summed E-state index contributed by atoms with van der Waals surface area (Å²) in [5.74, 6) is 0.546. The molecule has 6 nitrogen and oxygen atoms in total. The van der Waals surface area contributed by atoms with E-state index in [1.807, 2.05) is 54.3 Å². The van der Waals surface area contributed by atoms with Gasteiger partial charge in [-0.15, -0.1) is 10.2 Å². The number of carbonyl (C=O) groups is 2. The molecule has 1 aliphatic heterocycles. The number of nitrogens with zero attached hydrogens (tertiary/aromatic N) is 4. The van der Waals surface area contributed by atoms with E-state index in [9.17, 15) is 9.59 Å². The highest BCUT2D eigenvalue weighted by Crippen LogP contribution is 2.24. The van der Waals surface area contributed by atoms with Crippen molar-refractivity contribution in [1.29, 1.82) is 0 Å². The number of hydrogen-bond donors (Lipinski definition) is 0. The van der Waals surface area contributed by atoms with Gasteiger partial charge in [0, 0.05) is 42.9 Å². The van der Waals surface area contributed by atoms with Gasteiger partial charge in [-0.05, 0) is 44.5 Å². The normalized spacial score (nSPS) is 13.5. The number of amides is 1. The van der Waals surface area contributed by atoms with Gasteiger partial charge >= 0.3 is 0 Å². The van der Waals surface area contributed by atoms with Gasteiger partial charge in [-0.25, -0.2) is 0 Å². The maximum Gasteiger partial charge on any atom is 0.254 e. The van der Waals surface area contributed by atoms with Crippen molar-refractivity contribution in [3.63, 3.8) is 0 Å². The van der Waals surface area contributed by atoms with Gasteiger partial charge in [-0.3, -0.25) is 9.59 Å². The van der Waals surface area contributed by atoms with Crippen LogP contribution in [0.5, 0.6) is 0 Å². The van der Waals surface area contributed by atoms with Crippen molar-refractivity contribution in [3.8, 4) is 11.3 Å². The molecule has 0 bridgehead atoms. The summed E-state index contributed by atoms with van der Waals surface area (Å²) >= 11 is 0. The van der Waals surface area contributed by atoms with E-state index in [-0.39, 0.29) is 11.7 Å². The van der Waals surface area contributed by atoms with E-state index in [1.165, 1.54) is 11.1 Å². The Labute approximate surface area is 217 Å². The average Bonchev–Trinajstić information content (AvgIpc) is 2.93. The summed E-state index contributed by atoms with van der Waals surface area (Å²) in [4.78, 5) is 30.6. The molecule has 4 aromatic rings. The van der Waals surface area contributed by atoms with Crippen molar-refractivity contribution in [2.75, 3.05) is 31.1 Å². The Balaban J connectivity index is 1.27. The van der Waals surface area contributed by atoms with E-state index < -0.39 is 0 Å². The Morgan fingerprint density at radius 2 is 1.38 bits per heavy atom. The molecule has 1 fully saturated rings. The molecule has 5 rings (SSSR count). The number of aromatic nitrogens is 2. The van der Waals surface area contributed by atoms with Crippen LogP contribution < -0.4 is 4.90 Å². The number of benzene rings is 3. The van der Waals surface area contributed by atoms with Crippen molar-refractivity contribution in [2.45, 2.75) is 20.8 Å². The predicted molar refractivity (Wildman–Crippen MR) is 146 cm³/mol. The fourth-order valence-corrected chi connectivity index (χ4v) is 4.78. The third-order valence-corrected chi connectivity index (χ3v) is 6.92. The van der Waals surface area contributed by atoms with Crippen LogP contribution in [0.15, 0.2) is 78.9 Å². The van der Waals surface area contributed by atoms with Crippen molar-refractivity contribution in [3.05, 3.63) is 112 Å². The molecule has 1 aliphatic rings. The molecule has 1 saturated heterocycles.